The van der Waals surface area contributed by atoms with Crippen molar-refractivity contribution in [1.29, 1.82) is 0 Å². The number of fused-ring (bicyclic) bond motifs is 1. The van der Waals surface area contributed by atoms with Crippen LogP contribution in [-0.2, 0) is 31.6 Å². The Kier molecular flexibility index (Phi) is 7.71. The van der Waals surface area contributed by atoms with E-state index in [0.29, 0.717) is 16.4 Å². The number of nitrogens with zero attached hydrogens (tertiary/aromatic N) is 1. The van der Waals surface area contributed by atoms with Gasteiger partial charge in [-0.2, -0.15) is 26.3 Å². The minimum Gasteiger partial charge on any atom is -0.480 e. The Morgan fingerprint density at radius 1 is 1.00 bits per heavy atom. The summed E-state index contributed by atoms with van der Waals surface area (Å²) in [5.41, 5.74) is -7.51. The SMILES string of the molecule is O=C(O)CNC(=O)C[C@@H]1CCc2cc(C(O)(C(F)(F)F)C(F)(F)F)ccc2N1S(=O)(=O)c1ccc(F)cc1. The van der Waals surface area contributed by atoms with Crippen molar-refractivity contribution < 1.29 is 59.0 Å². The van der Waals surface area contributed by atoms with E-state index in [0.717, 1.165) is 24.3 Å². The summed E-state index contributed by atoms with van der Waals surface area (Å²) in [6.45, 7) is -0.788. The number of anilines is 1. The number of aliphatic hydroxyl groups is 1. The zero-order chi connectivity index (χ0) is 28.7. The summed E-state index contributed by atoms with van der Waals surface area (Å²) in [5, 5.41) is 20.5. The zero-order valence-electron chi connectivity index (χ0n) is 19.0. The molecule has 1 aliphatic rings. The highest BCUT2D eigenvalue weighted by molar-refractivity contribution is 7.92. The topological polar surface area (TPSA) is 124 Å². The number of carbonyl (C=O) groups is 2. The number of carboxylic acid groups (broad SMARTS) is 1. The predicted molar refractivity (Wildman–Crippen MR) is 116 cm³/mol. The summed E-state index contributed by atoms with van der Waals surface area (Å²) >= 11 is 0. The molecule has 0 saturated carbocycles. The van der Waals surface area contributed by atoms with Gasteiger partial charge < -0.3 is 15.5 Å². The van der Waals surface area contributed by atoms with E-state index in [9.17, 15) is 53.8 Å². The molecule has 1 heterocycles. The van der Waals surface area contributed by atoms with Crippen molar-refractivity contribution in [3.63, 3.8) is 0 Å². The van der Waals surface area contributed by atoms with Crippen molar-refractivity contribution in [2.75, 3.05) is 10.8 Å². The molecule has 208 valence electrons. The third-order valence-corrected chi connectivity index (χ3v) is 7.74. The van der Waals surface area contributed by atoms with Crippen LogP contribution < -0.4 is 9.62 Å². The highest BCUT2D eigenvalue weighted by atomic mass is 32.2. The molecule has 0 unspecified atom stereocenters. The number of carbonyl (C=O) groups excluding carboxylic acids is 1. The van der Waals surface area contributed by atoms with Crippen molar-refractivity contribution in [2.45, 2.75) is 48.2 Å². The molecule has 8 nitrogen and oxygen atoms in total. The number of nitrogens with one attached hydrogen (secondary N) is 1. The quantitative estimate of drug-likeness (QED) is 0.438. The van der Waals surface area contributed by atoms with E-state index in [1.807, 2.05) is 5.32 Å². The van der Waals surface area contributed by atoms with Crippen molar-refractivity contribution in [3.8, 4) is 0 Å². The van der Waals surface area contributed by atoms with E-state index in [2.05, 4.69) is 0 Å². The van der Waals surface area contributed by atoms with Crippen LogP contribution in [-0.4, -0.2) is 55.4 Å². The largest absolute Gasteiger partial charge is 0.480 e. The van der Waals surface area contributed by atoms with Crippen LogP contribution in [0.15, 0.2) is 47.4 Å². The van der Waals surface area contributed by atoms with Crippen LogP contribution in [0.2, 0.25) is 0 Å². The standard InChI is InChI=1S/C22H19F7N2O6S/c23-14-3-6-16(7-4-14)38(36,37)31-15(10-18(32)30-11-19(33)34)5-1-12-9-13(2-8-17(12)31)20(35,21(24,25)26)22(27,28)29/h2-4,6-9,15,35H,1,5,10-11H2,(H,30,32)(H,33,34)/t15-/m0/s1. The number of alkyl halides is 6. The fourth-order valence-electron chi connectivity index (χ4n) is 4.04. The maximum atomic E-state index is 13.5. The first-order valence-corrected chi connectivity index (χ1v) is 12.1. The average Bonchev–Trinajstić information content (AvgIpc) is 2.80. The molecule has 0 radical (unpaired) electrons. The Morgan fingerprint density at radius 3 is 2.11 bits per heavy atom. The number of aryl methyl sites for hydroxylation is 1. The number of aliphatic carboxylic acids is 1. The molecular formula is C22H19F7N2O6S. The van der Waals surface area contributed by atoms with Gasteiger partial charge in [0.1, 0.15) is 12.4 Å². The van der Waals surface area contributed by atoms with Crippen LogP contribution in [0.5, 0.6) is 0 Å². The second-order valence-corrected chi connectivity index (χ2v) is 10.2. The van der Waals surface area contributed by atoms with E-state index in [-0.39, 0.29) is 30.2 Å². The van der Waals surface area contributed by atoms with Crippen LogP contribution >= 0.6 is 0 Å². The average molecular weight is 572 g/mol. The Bertz CT molecular complexity index is 1310. The van der Waals surface area contributed by atoms with Gasteiger partial charge in [0.2, 0.25) is 5.91 Å². The molecule has 3 N–H and O–H groups in total. The number of carboxylic acids is 1. The molecule has 16 heteroatoms. The zero-order valence-corrected chi connectivity index (χ0v) is 19.8. The lowest BCUT2D eigenvalue weighted by Gasteiger charge is -2.39. The maximum absolute atomic E-state index is 13.5. The Hall–Kier alpha value is -3.40. The van der Waals surface area contributed by atoms with Crippen molar-refractivity contribution in [1.82, 2.24) is 5.32 Å². The Morgan fingerprint density at radius 2 is 1.58 bits per heavy atom. The number of benzene rings is 2. The molecule has 1 aliphatic heterocycles. The molecule has 0 saturated heterocycles. The first-order chi connectivity index (χ1) is 17.4. The normalized spacial score (nSPS) is 16.6. The Labute approximate surface area is 210 Å². The third-order valence-electron chi connectivity index (χ3n) is 5.86. The van der Waals surface area contributed by atoms with Crippen molar-refractivity contribution in [2.24, 2.45) is 0 Å². The van der Waals surface area contributed by atoms with Crippen LogP contribution in [0.25, 0.3) is 0 Å². The fourth-order valence-corrected chi connectivity index (χ4v) is 5.76. The molecule has 38 heavy (non-hydrogen) atoms. The summed E-state index contributed by atoms with van der Waals surface area (Å²) in [6.07, 6.45) is -13.5. The molecule has 0 fully saturated rings. The van der Waals surface area contributed by atoms with Crippen LogP contribution in [0.3, 0.4) is 0 Å². The molecule has 0 aromatic heterocycles. The fraction of sp³-hybridized carbons (Fsp3) is 0.364. The summed E-state index contributed by atoms with van der Waals surface area (Å²) < 4.78 is 121. The molecule has 0 bridgehead atoms. The monoisotopic (exact) mass is 572 g/mol. The molecule has 0 spiro atoms. The lowest BCUT2D eigenvalue weighted by atomic mass is 9.87. The van der Waals surface area contributed by atoms with Gasteiger partial charge in [-0.15, -0.1) is 0 Å². The van der Waals surface area contributed by atoms with Gasteiger partial charge >= 0.3 is 18.3 Å². The van der Waals surface area contributed by atoms with E-state index in [1.54, 1.807) is 0 Å². The predicted octanol–water partition coefficient (Wildman–Crippen LogP) is 3.24. The third kappa shape index (κ3) is 5.41. The number of hydrogen-bond acceptors (Lipinski definition) is 5. The van der Waals surface area contributed by atoms with Gasteiger partial charge in [0.05, 0.1) is 16.6 Å². The van der Waals surface area contributed by atoms with Gasteiger partial charge in [0.15, 0.2) is 0 Å². The number of halogens is 7. The molecule has 2 aromatic rings. The molecule has 2 aromatic carbocycles. The summed E-state index contributed by atoms with van der Waals surface area (Å²) in [6, 6.07) is 3.45. The number of hydrogen-bond donors (Lipinski definition) is 3. The second-order valence-electron chi connectivity index (χ2n) is 8.37. The van der Waals surface area contributed by atoms with Crippen LogP contribution in [0, 0.1) is 5.82 Å². The van der Waals surface area contributed by atoms with E-state index in [1.165, 1.54) is 0 Å². The van der Waals surface area contributed by atoms with Crippen LogP contribution in [0.4, 0.5) is 36.4 Å². The van der Waals surface area contributed by atoms with Crippen molar-refractivity contribution in [3.05, 3.63) is 59.4 Å². The van der Waals surface area contributed by atoms with Gasteiger partial charge in [-0.1, -0.05) is 12.1 Å². The van der Waals surface area contributed by atoms with E-state index >= 15 is 0 Å². The number of amides is 1. The smallest absolute Gasteiger partial charge is 0.430 e. The lowest BCUT2D eigenvalue weighted by Crippen LogP contribution is -2.54. The summed E-state index contributed by atoms with van der Waals surface area (Å²) in [7, 11) is -4.66. The van der Waals surface area contributed by atoms with Crippen molar-refractivity contribution >= 4 is 27.6 Å². The van der Waals surface area contributed by atoms with Gasteiger partial charge in [0, 0.05) is 12.0 Å². The minimum atomic E-state index is -6.17. The molecule has 0 aliphatic carbocycles. The number of sulfonamides is 1. The van der Waals surface area contributed by atoms with E-state index < -0.39 is 75.1 Å². The molecular weight excluding hydrogens is 553 g/mol. The highest BCUT2D eigenvalue weighted by Gasteiger charge is 2.71. The molecule has 3 rings (SSSR count). The van der Waals surface area contributed by atoms with Gasteiger partial charge in [0.25, 0.3) is 15.6 Å². The van der Waals surface area contributed by atoms with Gasteiger partial charge in [-0.25, -0.2) is 12.8 Å². The van der Waals surface area contributed by atoms with Gasteiger partial charge in [-0.3, -0.25) is 13.9 Å². The first-order valence-electron chi connectivity index (χ1n) is 10.7. The molecule has 1 amide bonds. The van der Waals surface area contributed by atoms with Crippen LogP contribution in [0.1, 0.15) is 24.0 Å². The summed E-state index contributed by atoms with van der Waals surface area (Å²) in [5.74, 6) is -3.08. The maximum Gasteiger partial charge on any atom is 0.430 e. The Balaban J connectivity index is 2.14. The second kappa shape index (κ2) is 10.1. The minimum absolute atomic E-state index is 0.270. The van der Waals surface area contributed by atoms with Gasteiger partial charge in [-0.05, 0) is 48.7 Å². The molecule has 1 atom stereocenters. The summed E-state index contributed by atoms with van der Waals surface area (Å²) in [4.78, 5) is 22.5. The lowest BCUT2D eigenvalue weighted by molar-refractivity contribution is -0.376. The first kappa shape index (κ1) is 29.2. The van der Waals surface area contributed by atoms with E-state index in [4.69, 9.17) is 5.11 Å². The highest BCUT2D eigenvalue weighted by Crippen LogP contribution is 2.51. The number of rotatable bonds is 7.